The highest BCUT2D eigenvalue weighted by molar-refractivity contribution is 8.17. The molecule has 0 radical (unpaired) electrons. The maximum Gasteiger partial charge on any atom is 0.131 e. The average Bonchev–Trinajstić information content (AvgIpc) is 2.76. The van der Waals surface area contributed by atoms with Gasteiger partial charge in [-0.25, -0.2) is 0 Å². The largest absolute Gasteiger partial charge is 0.494 e. The summed E-state index contributed by atoms with van der Waals surface area (Å²) in [6, 6.07) is 9.41. The molecule has 1 aliphatic rings. The Hall–Kier alpha value is -2.13. The minimum absolute atomic E-state index is 0.384. The Morgan fingerprint density at radius 1 is 1.47 bits per heavy atom. The van der Waals surface area contributed by atoms with Crippen molar-refractivity contribution in [2.45, 2.75) is 12.8 Å². The van der Waals surface area contributed by atoms with E-state index in [2.05, 4.69) is 11.2 Å². The van der Waals surface area contributed by atoms with Crippen molar-refractivity contribution >= 4 is 16.8 Å². The van der Waals surface area contributed by atoms with Crippen molar-refractivity contribution in [3.63, 3.8) is 0 Å². The molecule has 1 atom stereocenters. The molecule has 0 spiro atoms. The van der Waals surface area contributed by atoms with Gasteiger partial charge in [-0.15, -0.1) is 0 Å². The Morgan fingerprint density at radius 2 is 2.16 bits per heavy atom. The van der Waals surface area contributed by atoms with Crippen LogP contribution in [0.1, 0.15) is 18.4 Å². The van der Waals surface area contributed by atoms with E-state index in [1.807, 2.05) is 31.2 Å². The number of rotatable bonds is 3. The van der Waals surface area contributed by atoms with Gasteiger partial charge in [0.1, 0.15) is 10.8 Å². The van der Waals surface area contributed by atoms with Gasteiger partial charge in [-0.3, -0.25) is 0 Å². The van der Waals surface area contributed by atoms with E-state index in [1.165, 1.54) is 0 Å². The summed E-state index contributed by atoms with van der Waals surface area (Å²) in [6.45, 7) is 2.51. The number of nitrogens with two attached hydrogens (primary N) is 1. The van der Waals surface area contributed by atoms with E-state index in [-0.39, 0.29) is 0 Å². The first kappa shape index (κ1) is 13.3. The summed E-state index contributed by atoms with van der Waals surface area (Å²) in [4.78, 5) is 0. The molecule has 3 N–H and O–H groups in total. The van der Waals surface area contributed by atoms with Gasteiger partial charge >= 0.3 is 0 Å². The molecule has 0 fully saturated rings. The van der Waals surface area contributed by atoms with Crippen LogP contribution in [0, 0.1) is 11.3 Å². The maximum atomic E-state index is 9.16. The molecule has 1 aliphatic heterocycles. The standard InChI is InChI=1S/C13H13N3O2S/c1-2-18-9-5-3-8(4-6-9)11-10(7-14)12(15)19-13(11)16-17/h3-6,11,17H,2,15H2,1H3. The Balaban J connectivity index is 2.36. The molecule has 1 aromatic carbocycles. The van der Waals surface area contributed by atoms with Gasteiger partial charge in [-0.1, -0.05) is 29.1 Å². The molecule has 0 aliphatic carbocycles. The summed E-state index contributed by atoms with van der Waals surface area (Å²) in [6.07, 6.45) is 0. The molecule has 6 heteroatoms. The van der Waals surface area contributed by atoms with Crippen LogP contribution in [0.5, 0.6) is 5.75 Å². The van der Waals surface area contributed by atoms with Crippen molar-refractivity contribution in [2.75, 3.05) is 6.61 Å². The third-order valence-corrected chi connectivity index (χ3v) is 3.73. The highest BCUT2D eigenvalue weighted by Crippen LogP contribution is 2.41. The number of ether oxygens (including phenoxy) is 1. The van der Waals surface area contributed by atoms with Gasteiger partial charge in [0.2, 0.25) is 0 Å². The van der Waals surface area contributed by atoms with Crippen molar-refractivity contribution in [3.05, 3.63) is 40.4 Å². The van der Waals surface area contributed by atoms with Gasteiger partial charge in [0.15, 0.2) is 0 Å². The topological polar surface area (TPSA) is 91.6 Å². The predicted octanol–water partition coefficient (Wildman–Crippen LogP) is 2.40. The van der Waals surface area contributed by atoms with E-state index in [0.717, 1.165) is 23.1 Å². The minimum Gasteiger partial charge on any atom is -0.494 e. The molecule has 1 heterocycles. The van der Waals surface area contributed by atoms with Crippen molar-refractivity contribution in [2.24, 2.45) is 10.9 Å². The summed E-state index contributed by atoms with van der Waals surface area (Å²) >= 11 is 1.12. The van der Waals surface area contributed by atoms with Crippen LogP contribution in [-0.4, -0.2) is 16.9 Å². The number of oxime groups is 1. The van der Waals surface area contributed by atoms with Crippen LogP contribution >= 0.6 is 11.8 Å². The highest BCUT2D eigenvalue weighted by atomic mass is 32.2. The van der Waals surface area contributed by atoms with Gasteiger partial charge < -0.3 is 15.7 Å². The first-order valence-electron chi connectivity index (χ1n) is 5.73. The summed E-state index contributed by atoms with van der Waals surface area (Å²) in [7, 11) is 0. The third kappa shape index (κ3) is 2.51. The van der Waals surface area contributed by atoms with Crippen LogP contribution in [-0.2, 0) is 0 Å². The van der Waals surface area contributed by atoms with Crippen molar-refractivity contribution in [3.8, 4) is 11.8 Å². The number of thioether (sulfide) groups is 1. The zero-order valence-electron chi connectivity index (χ0n) is 10.3. The third-order valence-electron chi connectivity index (χ3n) is 2.76. The monoisotopic (exact) mass is 275 g/mol. The second-order valence-electron chi connectivity index (χ2n) is 3.87. The number of nitriles is 1. The van der Waals surface area contributed by atoms with E-state index in [9.17, 15) is 0 Å². The van der Waals surface area contributed by atoms with E-state index < -0.39 is 5.92 Å². The fourth-order valence-corrected chi connectivity index (χ4v) is 2.83. The van der Waals surface area contributed by atoms with Gasteiger partial charge in [-0.05, 0) is 24.6 Å². The van der Waals surface area contributed by atoms with Crippen molar-refractivity contribution < 1.29 is 9.94 Å². The second-order valence-corrected chi connectivity index (χ2v) is 4.93. The SMILES string of the molecule is CCOc1ccc(C2C(=NO)SC(N)=C2C#N)cc1. The van der Waals surface area contributed by atoms with Crippen LogP contribution in [0.4, 0.5) is 0 Å². The lowest BCUT2D eigenvalue weighted by molar-refractivity contribution is 0.319. The molecule has 0 bridgehead atoms. The number of nitrogens with zero attached hydrogens (tertiary/aromatic N) is 2. The quantitative estimate of drug-likeness (QED) is 0.652. The molecule has 0 aromatic heterocycles. The molecular weight excluding hydrogens is 262 g/mol. The summed E-state index contributed by atoms with van der Waals surface area (Å²) < 4.78 is 5.36. The Morgan fingerprint density at radius 3 is 2.68 bits per heavy atom. The van der Waals surface area contributed by atoms with Gasteiger partial charge in [0.05, 0.1) is 29.2 Å². The smallest absolute Gasteiger partial charge is 0.131 e. The highest BCUT2D eigenvalue weighted by Gasteiger charge is 2.33. The summed E-state index contributed by atoms with van der Waals surface area (Å²) in [5.41, 5.74) is 7.03. The Labute approximate surface area is 115 Å². The zero-order valence-corrected chi connectivity index (χ0v) is 11.1. The minimum atomic E-state index is -0.393. The van der Waals surface area contributed by atoms with Crippen LogP contribution in [0.3, 0.4) is 0 Å². The number of allylic oxidation sites excluding steroid dienone is 1. The zero-order chi connectivity index (χ0) is 13.8. The second kappa shape index (κ2) is 5.67. The molecule has 1 unspecified atom stereocenters. The molecular formula is C13H13N3O2S. The molecule has 0 amide bonds. The lowest BCUT2D eigenvalue weighted by atomic mass is 9.93. The Bertz CT molecular complexity index is 573. The van der Waals surface area contributed by atoms with Crippen molar-refractivity contribution in [1.82, 2.24) is 0 Å². The van der Waals surface area contributed by atoms with Gasteiger partial charge in [0.25, 0.3) is 0 Å². The van der Waals surface area contributed by atoms with Crippen LogP contribution in [0.15, 0.2) is 40.0 Å². The van der Waals surface area contributed by atoms with Crippen LogP contribution < -0.4 is 10.5 Å². The molecule has 2 rings (SSSR count). The van der Waals surface area contributed by atoms with Crippen LogP contribution in [0.25, 0.3) is 0 Å². The Kier molecular flexibility index (Phi) is 3.97. The van der Waals surface area contributed by atoms with E-state index in [4.69, 9.17) is 20.9 Å². The van der Waals surface area contributed by atoms with Gasteiger partial charge in [-0.2, -0.15) is 5.26 Å². The molecule has 19 heavy (non-hydrogen) atoms. The fourth-order valence-electron chi connectivity index (χ4n) is 1.92. The molecule has 0 saturated carbocycles. The van der Waals surface area contributed by atoms with Gasteiger partial charge in [0, 0.05) is 0 Å². The van der Waals surface area contributed by atoms with Crippen LogP contribution in [0.2, 0.25) is 0 Å². The summed E-state index contributed by atoms with van der Waals surface area (Å²) in [5, 5.41) is 22.2. The first-order chi connectivity index (χ1) is 9.21. The molecule has 5 nitrogen and oxygen atoms in total. The van der Waals surface area contributed by atoms with E-state index in [0.29, 0.717) is 22.3 Å². The average molecular weight is 275 g/mol. The number of benzene rings is 1. The number of hydrogen-bond acceptors (Lipinski definition) is 6. The fraction of sp³-hybridized carbons (Fsp3) is 0.231. The summed E-state index contributed by atoms with van der Waals surface area (Å²) in [5.74, 6) is 0.366. The molecule has 1 aromatic rings. The first-order valence-corrected chi connectivity index (χ1v) is 6.55. The van der Waals surface area contributed by atoms with Crippen molar-refractivity contribution in [1.29, 1.82) is 5.26 Å². The lowest BCUT2D eigenvalue weighted by Gasteiger charge is -2.11. The normalized spacial score (nSPS) is 20.6. The lowest BCUT2D eigenvalue weighted by Crippen LogP contribution is -2.07. The molecule has 98 valence electrons. The predicted molar refractivity (Wildman–Crippen MR) is 74.0 cm³/mol. The molecule has 0 saturated heterocycles. The van der Waals surface area contributed by atoms with E-state index >= 15 is 0 Å². The maximum absolute atomic E-state index is 9.16. The van der Waals surface area contributed by atoms with E-state index in [1.54, 1.807) is 0 Å². The number of hydrogen-bond donors (Lipinski definition) is 2.